The Morgan fingerprint density at radius 1 is 1.30 bits per heavy atom. The van der Waals surface area contributed by atoms with Crippen molar-refractivity contribution in [2.24, 2.45) is 0 Å². The van der Waals surface area contributed by atoms with E-state index in [1.165, 1.54) is 13.0 Å². The van der Waals surface area contributed by atoms with Crippen LogP contribution in [0.5, 0.6) is 0 Å². The third kappa shape index (κ3) is 2.90. The van der Waals surface area contributed by atoms with E-state index in [0.29, 0.717) is 23.4 Å². The molecule has 0 N–H and O–H groups in total. The molecule has 3 nitrogen and oxygen atoms in total. The molecule has 1 heterocycles. The molecule has 0 spiro atoms. The number of carbonyl (C=O) groups excluding carboxylic acids is 1. The zero-order chi connectivity index (χ0) is 14.9. The minimum Gasteiger partial charge on any atom is -0.464 e. The first-order valence-corrected chi connectivity index (χ1v) is 6.46. The molecule has 4 heteroatoms. The molecule has 0 bridgehead atoms. The number of anilines is 1. The van der Waals surface area contributed by atoms with Crippen LogP contribution in [0.2, 0.25) is 0 Å². The number of hydrogen-bond acceptors (Lipinski definition) is 3. The SMILES string of the molecule is CC(=O)c1cc(F)c(C)cc1N(C)Cc1ccc(C)o1. The molecule has 1 aromatic heterocycles. The average molecular weight is 275 g/mol. The summed E-state index contributed by atoms with van der Waals surface area (Å²) in [4.78, 5) is 13.6. The second-order valence-electron chi connectivity index (χ2n) is 5.04. The molecule has 0 aliphatic carbocycles. The number of rotatable bonds is 4. The minimum absolute atomic E-state index is 0.152. The van der Waals surface area contributed by atoms with Crippen LogP contribution in [0.4, 0.5) is 10.1 Å². The van der Waals surface area contributed by atoms with Gasteiger partial charge in [-0.3, -0.25) is 4.79 Å². The quantitative estimate of drug-likeness (QED) is 0.794. The predicted molar refractivity (Wildman–Crippen MR) is 76.7 cm³/mol. The summed E-state index contributed by atoms with van der Waals surface area (Å²) < 4.78 is 19.2. The maximum Gasteiger partial charge on any atom is 0.161 e. The molecule has 0 saturated heterocycles. The van der Waals surface area contributed by atoms with Gasteiger partial charge in [0.1, 0.15) is 17.3 Å². The molecule has 0 aliphatic heterocycles. The summed E-state index contributed by atoms with van der Waals surface area (Å²) >= 11 is 0. The highest BCUT2D eigenvalue weighted by molar-refractivity contribution is 5.99. The van der Waals surface area contributed by atoms with E-state index >= 15 is 0 Å². The first-order chi connectivity index (χ1) is 9.38. The molecule has 20 heavy (non-hydrogen) atoms. The van der Waals surface area contributed by atoms with Crippen LogP contribution in [-0.2, 0) is 6.54 Å². The topological polar surface area (TPSA) is 33.5 Å². The van der Waals surface area contributed by atoms with Gasteiger partial charge in [0.05, 0.1) is 6.54 Å². The smallest absolute Gasteiger partial charge is 0.161 e. The second kappa shape index (κ2) is 5.49. The van der Waals surface area contributed by atoms with Crippen molar-refractivity contribution in [1.29, 1.82) is 0 Å². The Kier molecular flexibility index (Phi) is 3.93. The van der Waals surface area contributed by atoms with Crippen molar-refractivity contribution in [2.45, 2.75) is 27.3 Å². The second-order valence-corrected chi connectivity index (χ2v) is 5.04. The molecule has 1 aromatic carbocycles. The van der Waals surface area contributed by atoms with Crippen molar-refractivity contribution in [3.05, 3.63) is 52.7 Å². The molecular formula is C16H18FNO2. The van der Waals surface area contributed by atoms with Gasteiger partial charge in [0.15, 0.2) is 5.78 Å². The largest absolute Gasteiger partial charge is 0.464 e. The molecule has 0 saturated carbocycles. The fourth-order valence-electron chi connectivity index (χ4n) is 2.15. The number of hydrogen-bond donors (Lipinski definition) is 0. The van der Waals surface area contributed by atoms with Gasteiger partial charge in [-0.05, 0) is 50.6 Å². The lowest BCUT2D eigenvalue weighted by Crippen LogP contribution is -2.19. The first-order valence-electron chi connectivity index (χ1n) is 6.46. The summed E-state index contributed by atoms with van der Waals surface area (Å²) in [6.45, 7) is 5.54. The van der Waals surface area contributed by atoms with Crippen molar-refractivity contribution in [1.82, 2.24) is 0 Å². The van der Waals surface area contributed by atoms with Gasteiger partial charge >= 0.3 is 0 Å². The fraction of sp³-hybridized carbons (Fsp3) is 0.312. The Hall–Kier alpha value is -2.10. The number of nitrogens with zero attached hydrogens (tertiary/aromatic N) is 1. The number of furan rings is 1. The van der Waals surface area contributed by atoms with E-state index in [1.807, 2.05) is 31.0 Å². The monoisotopic (exact) mass is 275 g/mol. The van der Waals surface area contributed by atoms with Crippen molar-refractivity contribution >= 4 is 11.5 Å². The number of aryl methyl sites for hydroxylation is 2. The maximum absolute atomic E-state index is 13.6. The van der Waals surface area contributed by atoms with E-state index in [9.17, 15) is 9.18 Å². The number of halogens is 1. The molecule has 0 amide bonds. The highest BCUT2D eigenvalue weighted by Gasteiger charge is 2.15. The molecule has 106 valence electrons. The van der Waals surface area contributed by atoms with E-state index in [4.69, 9.17) is 4.42 Å². The molecule has 2 rings (SSSR count). The fourth-order valence-corrected chi connectivity index (χ4v) is 2.15. The van der Waals surface area contributed by atoms with Gasteiger partial charge in [-0.1, -0.05) is 0 Å². The van der Waals surface area contributed by atoms with Crippen molar-refractivity contribution in [2.75, 3.05) is 11.9 Å². The predicted octanol–water partition coefficient (Wildman–Crippen LogP) is 3.87. The van der Waals surface area contributed by atoms with Gasteiger partial charge in [-0.15, -0.1) is 0 Å². The van der Waals surface area contributed by atoms with Crippen LogP contribution in [0, 0.1) is 19.7 Å². The maximum atomic E-state index is 13.6. The third-order valence-electron chi connectivity index (χ3n) is 3.26. The van der Waals surface area contributed by atoms with Gasteiger partial charge in [0.25, 0.3) is 0 Å². The summed E-state index contributed by atoms with van der Waals surface area (Å²) in [5, 5.41) is 0. The Labute approximate surface area is 118 Å². The number of Topliss-reactive ketones (excluding diaryl/α,β-unsaturated/α-hetero) is 1. The van der Waals surface area contributed by atoms with Gasteiger partial charge in [-0.25, -0.2) is 4.39 Å². The normalized spacial score (nSPS) is 10.7. The zero-order valence-corrected chi connectivity index (χ0v) is 12.2. The van der Waals surface area contributed by atoms with Crippen molar-refractivity contribution in [3.8, 4) is 0 Å². The number of benzene rings is 1. The van der Waals surface area contributed by atoms with E-state index in [1.54, 1.807) is 13.0 Å². The molecule has 0 radical (unpaired) electrons. The molecular weight excluding hydrogens is 257 g/mol. The molecule has 2 aromatic rings. The lowest BCUT2D eigenvalue weighted by molar-refractivity contribution is 0.101. The van der Waals surface area contributed by atoms with Crippen LogP contribution >= 0.6 is 0 Å². The summed E-state index contributed by atoms with van der Waals surface area (Å²) in [6, 6.07) is 6.79. The van der Waals surface area contributed by atoms with Crippen LogP contribution in [-0.4, -0.2) is 12.8 Å². The van der Waals surface area contributed by atoms with Gasteiger partial charge in [0.2, 0.25) is 0 Å². The standard InChI is InChI=1S/C16H18FNO2/c1-10-7-16(14(12(3)19)8-15(10)17)18(4)9-13-6-5-11(2)20-13/h5-8H,9H2,1-4H3. The highest BCUT2D eigenvalue weighted by atomic mass is 19.1. The summed E-state index contributed by atoms with van der Waals surface area (Å²) in [7, 11) is 1.86. The lowest BCUT2D eigenvalue weighted by atomic mass is 10.0. The summed E-state index contributed by atoms with van der Waals surface area (Å²) in [5.74, 6) is 1.14. The van der Waals surface area contributed by atoms with Gasteiger partial charge < -0.3 is 9.32 Å². The van der Waals surface area contributed by atoms with E-state index in [0.717, 1.165) is 11.5 Å². The van der Waals surface area contributed by atoms with E-state index < -0.39 is 0 Å². The molecule has 0 aliphatic rings. The minimum atomic E-state index is -0.360. The average Bonchev–Trinajstić information content (AvgIpc) is 2.77. The summed E-state index contributed by atoms with van der Waals surface area (Å²) in [6.07, 6.45) is 0. The Morgan fingerprint density at radius 3 is 2.55 bits per heavy atom. The molecule has 0 unspecified atom stereocenters. The van der Waals surface area contributed by atoms with E-state index in [2.05, 4.69) is 0 Å². The van der Waals surface area contributed by atoms with Gasteiger partial charge in [0, 0.05) is 18.3 Å². The Bertz CT molecular complexity index is 646. The van der Waals surface area contributed by atoms with Crippen LogP contribution < -0.4 is 4.90 Å². The van der Waals surface area contributed by atoms with Crippen molar-refractivity contribution < 1.29 is 13.6 Å². The summed E-state index contributed by atoms with van der Waals surface area (Å²) in [5.41, 5.74) is 1.62. The number of carbonyl (C=O) groups is 1. The Morgan fingerprint density at radius 2 is 2.00 bits per heavy atom. The zero-order valence-electron chi connectivity index (χ0n) is 12.2. The van der Waals surface area contributed by atoms with Crippen molar-refractivity contribution in [3.63, 3.8) is 0 Å². The van der Waals surface area contributed by atoms with Gasteiger partial charge in [-0.2, -0.15) is 0 Å². The van der Waals surface area contributed by atoms with E-state index in [-0.39, 0.29) is 11.6 Å². The van der Waals surface area contributed by atoms with Crippen LogP contribution in [0.1, 0.15) is 34.4 Å². The first kappa shape index (κ1) is 14.3. The Balaban J connectivity index is 2.35. The number of ketones is 1. The lowest BCUT2D eigenvalue weighted by Gasteiger charge is -2.21. The van der Waals surface area contributed by atoms with Crippen LogP contribution in [0.25, 0.3) is 0 Å². The third-order valence-corrected chi connectivity index (χ3v) is 3.26. The molecule has 0 fully saturated rings. The molecule has 0 atom stereocenters. The van der Waals surface area contributed by atoms with Crippen LogP contribution in [0.15, 0.2) is 28.7 Å². The highest BCUT2D eigenvalue weighted by Crippen LogP contribution is 2.25. The van der Waals surface area contributed by atoms with Crippen LogP contribution in [0.3, 0.4) is 0 Å².